The van der Waals surface area contributed by atoms with Gasteiger partial charge in [0.2, 0.25) is 0 Å². The molecule has 164 valence electrons. The first-order chi connectivity index (χ1) is 14.8. The standard InChI is InChI=1S/C24H36N4O2/c29-24-27(20-7-5-19(6-8-20)26-15-13-25-14-16-26)17-18-28(24)21-9-11-23(12-10-21)30-22-3-1-2-4-22/h9-12,19-20,22,25H,1-8,13-18H2. The number of nitrogens with one attached hydrogen (secondary N) is 1. The van der Waals surface area contributed by atoms with Crippen LogP contribution in [0.2, 0.25) is 0 Å². The Morgan fingerprint density at radius 3 is 2.17 bits per heavy atom. The van der Waals surface area contributed by atoms with Crippen LogP contribution in [0.4, 0.5) is 10.5 Å². The molecular weight excluding hydrogens is 376 g/mol. The van der Waals surface area contributed by atoms with Crippen molar-refractivity contribution in [1.29, 1.82) is 0 Å². The van der Waals surface area contributed by atoms with E-state index in [0.717, 1.165) is 63.3 Å². The molecule has 1 aromatic carbocycles. The molecule has 0 unspecified atom stereocenters. The average molecular weight is 413 g/mol. The van der Waals surface area contributed by atoms with Gasteiger partial charge in [-0.15, -0.1) is 0 Å². The number of hydrogen-bond acceptors (Lipinski definition) is 4. The van der Waals surface area contributed by atoms with Crippen LogP contribution in [0.5, 0.6) is 5.75 Å². The second kappa shape index (κ2) is 9.15. The highest BCUT2D eigenvalue weighted by Gasteiger charge is 2.37. The molecule has 6 nitrogen and oxygen atoms in total. The summed E-state index contributed by atoms with van der Waals surface area (Å²) >= 11 is 0. The highest BCUT2D eigenvalue weighted by molar-refractivity contribution is 5.94. The lowest BCUT2D eigenvalue weighted by Crippen LogP contribution is -2.51. The van der Waals surface area contributed by atoms with E-state index in [9.17, 15) is 4.79 Å². The molecule has 2 amide bonds. The molecule has 4 fully saturated rings. The summed E-state index contributed by atoms with van der Waals surface area (Å²) in [5.41, 5.74) is 0.996. The van der Waals surface area contributed by atoms with Gasteiger partial charge in [0.1, 0.15) is 5.75 Å². The van der Waals surface area contributed by atoms with Crippen LogP contribution >= 0.6 is 0 Å². The van der Waals surface area contributed by atoms with Crippen molar-refractivity contribution in [1.82, 2.24) is 15.1 Å². The predicted octanol–water partition coefficient (Wildman–Crippen LogP) is 3.47. The fourth-order valence-electron chi connectivity index (χ4n) is 5.82. The number of rotatable bonds is 5. The summed E-state index contributed by atoms with van der Waals surface area (Å²) < 4.78 is 6.07. The molecular formula is C24H36N4O2. The second-order valence-electron chi connectivity index (χ2n) is 9.39. The van der Waals surface area contributed by atoms with Crippen molar-refractivity contribution in [3.05, 3.63) is 24.3 Å². The average Bonchev–Trinajstić information content (AvgIpc) is 3.45. The molecule has 6 heteroatoms. The van der Waals surface area contributed by atoms with E-state index in [0.29, 0.717) is 18.2 Å². The lowest BCUT2D eigenvalue weighted by molar-refractivity contribution is 0.105. The van der Waals surface area contributed by atoms with Gasteiger partial charge in [-0.25, -0.2) is 4.79 Å². The maximum absolute atomic E-state index is 13.2. The van der Waals surface area contributed by atoms with Crippen LogP contribution in [-0.2, 0) is 0 Å². The second-order valence-corrected chi connectivity index (χ2v) is 9.39. The number of piperazine rings is 1. The Balaban J connectivity index is 1.14. The summed E-state index contributed by atoms with van der Waals surface area (Å²) in [6.07, 6.45) is 9.98. The first-order valence-corrected chi connectivity index (χ1v) is 12.1. The van der Waals surface area contributed by atoms with Gasteiger partial charge < -0.3 is 15.0 Å². The van der Waals surface area contributed by atoms with E-state index in [1.54, 1.807) is 0 Å². The number of amides is 2. The van der Waals surface area contributed by atoms with Crippen molar-refractivity contribution < 1.29 is 9.53 Å². The largest absolute Gasteiger partial charge is 0.490 e. The Labute approximate surface area is 180 Å². The molecule has 0 radical (unpaired) electrons. The fourth-order valence-corrected chi connectivity index (χ4v) is 5.82. The maximum Gasteiger partial charge on any atom is 0.324 e. The number of hydrogen-bond donors (Lipinski definition) is 1. The van der Waals surface area contributed by atoms with Crippen LogP contribution in [0.1, 0.15) is 51.4 Å². The van der Waals surface area contributed by atoms with Crippen molar-refractivity contribution in [3.63, 3.8) is 0 Å². The third-order valence-corrected chi connectivity index (χ3v) is 7.57. The van der Waals surface area contributed by atoms with Crippen LogP contribution in [0, 0.1) is 0 Å². The summed E-state index contributed by atoms with van der Waals surface area (Å²) in [6, 6.07) is 9.46. The molecule has 2 aliphatic heterocycles. The lowest BCUT2D eigenvalue weighted by Gasteiger charge is -2.41. The highest BCUT2D eigenvalue weighted by atomic mass is 16.5. The molecule has 30 heavy (non-hydrogen) atoms. The zero-order valence-corrected chi connectivity index (χ0v) is 18.1. The van der Waals surface area contributed by atoms with Gasteiger partial charge in [0, 0.05) is 57.0 Å². The molecule has 4 aliphatic rings. The smallest absolute Gasteiger partial charge is 0.324 e. The number of carbonyl (C=O) groups excluding carboxylic acids is 1. The summed E-state index contributed by atoms with van der Waals surface area (Å²) in [7, 11) is 0. The van der Waals surface area contributed by atoms with Gasteiger partial charge in [0.15, 0.2) is 0 Å². The number of benzene rings is 1. The Morgan fingerprint density at radius 1 is 0.800 bits per heavy atom. The fraction of sp³-hybridized carbons (Fsp3) is 0.708. The van der Waals surface area contributed by atoms with E-state index in [2.05, 4.69) is 15.1 Å². The first kappa shape index (κ1) is 20.1. The molecule has 0 aromatic heterocycles. The summed E-state index contributed by atoms with van der Waals surface area (Å²) in [6.45, 7) is 6.22. The molecule has 2 saturated carbocycles. The van der Waals surface area contributed by atoms with Crippen molar-refractivity contribution in [2.75, 3.05) is 44.2 Å². The van der Waals surface area contributed by atoms with Gasteiger partial charge in [0.25, 0.3) is 0 Å². The minimum absolute atomic E-state index is 0.185. The van der Waals surface area contributed by atoms with Gasteiger partial charge in [-0.05, 0) is 75.6 Å². The molecule has 5 rings (SSSR count). The summed E-state index contributed by atoms with van der Waals surface area (Å²) in [5.74, 6) is 0.931. The zero-order chi connectivity index (χ0) is 20.3. The van der Waals surface area contributed by atoms with E-state index in [-0.39, 0.29) is 6.03 Å². The Hall–Kier alpha value is -1.79. The normalized spacial score (nSPS) is 29.0. The van der Waals surface area contributed by atoms with Crippen molar-refractivity contribution in [2.24, 2.45) is 0 Å². The van der Waals surface area contributed by atoms with Gasteiger partial charge in [-0.3, -0.25) is 9.80 Å². The molecule has 2 saturated heterocycles. The number of nitrogens with zero attached hydrogens (tertiary/aromatic N) is 3. The van der Waals surface area contributed by atoms with E-state index >= 15 is 0 Å². The topological polar surface area (TPSA) is 48.1 Å². The quantitative estimate of drug-likeness (QED) is 0.805. The number of anilines is 1. The molecule has 0 bridgehead atoms. The molecule has 2 heterocycles. The molecule has 1 aromatic rings. The number of ether oxygens (including phenoxy) is 1. The molecule has 2 aliphatic carbocycles. The first-order valence-electron chi connectivity index (χ1n) is 12.1. The van der Waals surface area contributed by atoms with Crippen LogP contribution in [-0.4, -0.2) is 73.3 Å². The predicted molar refractivity (Wildman–Crippen MR) is 119 cm³/mol. The highest BCUT2D eigenvalue weighted by Crippen LogP contribution is 2.31. The van der Waals surface area contributed by atoms with E-state index in [4.69, 9.17) is 4.74 Å². The van der Waals surface area contributed by atoms with E-state index in [1.807, 2.05) is 29.2 Å². The van der Waals surface area contributed by atoms with Crippen LogP contribution in [0.3, 0.4) is 0 Å². The van der Waals surface area contributed by atoms with Crippen LogP contribution in [0.15, 0.2) is 24.3 Å². The minimum Gasteiger partial charge on any atom is -0.490 e. The molecule has 1 N–H and O–H groups in total. The monoisotopic (exact) mass is 412 g/mol. The maximum atomic E-state index is 13.2. The Morgan fingerprint density at radius 2 is 1.47 bits per heavy atom. The van der Waals surface area contributed by atoms with Crippen LogP contribution in [0.25, 0.3) is 0 Å². The number of urea groups is 1. The molecule has 0 spiro atoms. The number of carbonyl (C=O) groups is 1. The minimum atomic E-state index is 0.185. The van der Waals surface area contributed by atoms with Gasteiger partial charge in [0.05, 0.1) is 6.10 Å². The SMILES string of the molecule is O=C1N(c2ccc(OC3CCCC3)cc2)CCN1C1CCC(N2CCNCC2)CC1. The summed E-state index contributed by atoms with van der Waals surface area (Å²) in [4.78, 5) is 19.9. The van der Waals surface area contributed by atoms with Crippen molar-refractivity contribution in [3.8, 4) is 5.75 Å². The van der Waals surface area contributed by atoms with Gasteiger partial charge in [-0.2, -0.15) is 0 Å². The van der Waals surface area contributed by atoms with Crippen molar-refractivity contribution in [2.45, 2.75) is 69.6 Å². The summed E-state index contributed by atoms with van der Waals surface area (Å²) in [5, 5.41) is 3.45. The van der Waals surface area contributed by atoms with Gasteiger partial charge >= 0.3 is 6.03 Å². The Kier molecular flexibility index (Phi) is 6.14. The van der Waals surface area contributed by atoms with Crippen molar-refractivity contribution >= 4 is 11.7 Å². The Bertz CT molecular complexity index is 704. The van der Waals surface area contributed by atoms with Gasteiger partial charge in [-0.1, -0.05) is 0 Å². The van der Waals surface area contributed by atoms with E-state index < -0.39 is 0 Å². The third kappa shape index (κ3) is 4.30. The van der Waals surface area contributed by atoms with Crippen LogP contribution < -0.4 is 15.0 Å². The van der Waals surface area contributed by atoms with E-state index in [1.165, 1.54) is 38.8 Å². The lowest BCUT2D eigenvalue weighted by atomic mass is 9.89. The zero-order valence-electron chi connectivity index (χ0n) is 18.1. The third-order valence-electron chi connectivity index (χ3n) is 7.57. The molecule has 0 atom stereocenters.